The monoisotopic (exact) mass is 1180 g/mol. The summed E-state index contributed by atoms with van der Waals surface area (Å²) in [4.78, 5) is 12.6. The van der Waals surface area contributed by atoms with Crippen LogP contribution < -0.4 is 5.32 Å². The van der Waals surface area contributed by atoms with Crippen molar-refractivity contribution in [2.24, 2.45) is 0 Å². The molecule has 0 aliphatic rings. The molecule has 0 aliphatic carbocycles. The summed E-state index contributed by atoms with van der Waals surface area (Å²) in [6, 6.07) is -0.645. The topological polar surface area (TPSA) is 69.6 Å². The molecule has 4 heteroatoms. The maximum atomic E-state index is 12.6. The molecule has 0 saturated heterocycles. The van der Waals surface area contributed by atoms with Crippen LogP contribution in [0.4, 0.5) is 0 Å². The summed E-state index contributed by atoms with van der Waals surface area (Å²) in [5.74, 6) is -0.0701. The minimum Gasteiger partial charge on any atom is -0.394 e. The Hall–Kier alpha value is -2.95. The van der Waals surface area contributed by atoms with Crippen molar-refractivity contribution in [3.63, 3.8) is 0 Å². The second-order valence-electron chi connectivity index (χ2n) is 25.3. The standard InChI is InChI=1S/C81H145NO3/c1-3-5-7-9-11-13-15-17-19-21-23-25-27-29-31-33-35-37-38-39-40-41-42-43-44-45-47-49-51-53-55-57-59-61-63-65-67-69-71-73-75-77-81(85)82-79(78-83)80(84)76-74-72-70-68-66-64-62-60-58-56-54-52-50-48-46-36-34-32-30-28-26-24-22-20-18-16-14-12-10-8-6-4-2/h5,7,11,13,17,19,23,25,29,31,35,37,39-40,66,68,74,76,79-80,83-84H,3-4,6,8-10,12,14-16,18,20-22,24,26-28,30,32-34,36,38,41-65,67,69-73,75,77-78H2,1-2H3,(H,82,85)/b7-5-,13-11-,19-17-,25-23-,31-29-,37-35-,40-39-,68-66+,76-74+. The Morgan fingerprint density at radius 1 is 0.294 bits per heavy atom. The first-order valence-corrected chi connectivity index (χ1v) is 37.6. The lowest BCUT2D eigenvalue weighted by Gasteiger charge is -2.19. The normalized spacial score (nSPS) is 13.3. The van der Waals surface area contributed by atoms with Crippen LogP contribution in [-0.4, -0.2) is 34.9 Å². The van der Waals surface area contributed by atoms with E-state index in [0.29, 0.717) is 6.42 Å². The summed E-state index contributed by atoms with van der Waals surface area (Å²) in [7, 11) is 0. The van der Waals surface area contributed by atoms with Gasteiger partial charge in [0.1, 0.15) is 0 Å². The minimum atomic E-state index is -0.868. The number of allylic oxidation sites excluding steroid dienone is 17. The number of unbranched alkanes of at least 4 members (excludes halogenated alkanes) is 46. The van der Waals surface area contributed by atoms with Gasteiger partial charge in [-0.1, -0.05) is 393 Å². The Labute approximate surface area is 531 Å². The van der Waals surface area contributed by atoms with E-state index in [0.717, 1.165) is 77.0 Å². The Balaban J connectivity index is 3.48. The fourth-order valence-corrected chi connectivity index (χ4v) is 11.4. The van der Waals surface area contributed by atoms with Crippen LogP contribution in [0.15, 0.2) is 109 Å². The van der Waals surface area contributed by atoms with Gasteiger partial charge in [0, 0.05) is 6.42 Å². The van der Waals surface area contributed by atoms with Crippen molar-refractivity contribution in [2.45, 2.75) is 392 Å². The molecule has 0 fully saturated rings. The molecule has 0 aromatic rings. The predicted molar refractivity (Wildman–Crippen MR) is 382 cm³/mol. The molecule has 0 saturated carbocycles. The van der Waals surface area contributed by atoms with Crippen LogP contribution in [0.25, 0.3) is 0 Å². The number of hydrogen-bond acceptors (Lipinski definition) is 3. The average molecular weight is 1180 g/mol. The number of aliphatic hydroxyl groups is 2. The van der Waals surface area contributed by atoms with Gasteiger partial charge in [-0.05, 0) is 89.9 Å². The van der Waals surface area contributed by atoms with E-state index in [-0.39, 0.29) is 12.5 Å². The van der Waals surface area contributed by atoms with Gasteiger partial charge in [-0.2, -0.15) is 0 Å². The zero-order valence-corrected chi connectivity index (χ0v) is 56.9. The van der Waals surface area contributed by atoms with Crippen molar-refractivity contribution >= 4 is 5.91 Å². The van der Waals surface area contributed by atoms with Crippen molar-refractivity contribution in [3.05, 3.63) is 109 Å². The molecule has 85 heavy (non-hydrogen) atoms. The Morgan fingerprint density at radius 2 is 0.529 bits per heavy atom. The molecule has 2 atom stereocenters. The fourth-order valence-electron chi connectivity index (χ4n) is 11.4. The second kappa shape index (κ2) is 75.3. The quantitative estimate of drug-likeness (QED) is 0.0420. The first kappa shape index (κ1) is 82.0. The molecule has 0 bridgehead atoms. The van der Waals surface area contributed by atoms with Crippen LogP contribution in [0.3, 0.4) is 0 Å². The number of rotatable bonds is 69. The van der Waals surface area contributed by atoms with E-state index in [2.05, 4.69) is 116 Å². The van der Waals surface area contributed by atoms with Gasteiger partial charge in [0.05, 0.1) is 18.8 Å². The summed E-state index contributed by atoms with van der Waals surface area (Å²) < 4.78 is 0. The zero-order valence-electron chi connectivity index (χ0n) is 56.9. The van der Waals surface area contributed by atoms with Crippen molar-refractivity contribution < 1.29 is 15.0 Å². The van der Waals surface area contributed by atoms with E-state index >= 15 is 0 Å². The van der Waals surface area contributed by atoms with E-state index in [1.807, 2.05) is 6.08 Å². The lowest BCUT2D eigenvalue weighted by atomic mass is 10.0. The molecule has 0 spiro atoms. The maximum absolute atomic E-state index is 12.6. The number of aliphatic hydroxyl groups excluding tert-OH is 2. The molecule has 492 valence electrons. The van der Waals surface area contributed by atoms with E-state index < -0.39 is 12.1 Å². The van der Waals surface area contributed by atoms with Gasteiger partial charge < -0.3 is 15.5 Å². The Kier molecular flexibility index (Phi) is 72.7. The van der Waals surface area contributed by atoms with Gasteiger partial charge in [0.2, 0.25) is 5.91 Å². The van der Waals surface area contributed by atoms with Crippen molar-refractivity contribution in [3.8, 4) is 0 Å². The molecular formula is C81H145NO3. The molecule has 0 heterocycles. The fraction of sp³-hybridized carbons (Fsp3) is 0.765. The Morgan fingerprint density at radius 3 is 0.824 bits per heavy atom. The van der Waals surface area contributed by atoms with E-state index in [1.165, 1.54) is 283 Å². The minimum absolute atomic E-state index is 0.0701. The van der Waals surface area contributed by atoms with Gasteiger partial charge in [-0.15, -0.1) is 0 Å². The summed E-state index contributed by atoms with van der Waals surface area (Å²) in [5.41, 5.74) is 0. The summed E-state index contributed by atoms with van der Waals surface area (Å²) in [5, 5.41) is 23.3. The van der Waals surface area contributed by atoms with Crippen molar-refractivity contribution in [1.29, 1.82) is 0 Å². The molecule has 0 rings (SSSR count). The van der Waals surface area contributed by atoms with Crippen LogP contribution in [-0.2, 0) is 4.79 Å². The van der Waals surface area contributed by atoms with Crippen molar-refractivity contribution in [1.82, 2.24) is 5.32 Å². The first-order chi connectivity index (χ1) is 42.2. The molecule has 0 aromatic carbocycles. The van der Waals surface area contributed by atoms with E-state index in [9.17, 15) is 15.0 Å². The number of carbonyl (C=O) groups is 1. The second-order valence-corrected chi connectivity index (χ2v) is 25.3. The van der Waals surface area contributed by atoms with Crippen LogP contribution in [0.2, 0.25) is 0 Å². The van der Waals surface area contributed by atoms with Gasteiger partial charge in [-0.3, -0.25) is 4.79 Å². The molecular weight excluding hydrogens is 1030 g/mol. The largest absolute Gasteiger partial charge is 0.394 e. The maximum Gasteiger partial charge on any atom is 0.220 e. The van der Waals surface area contributed by atoms with E-state index in [4.69, 9.17) is 0 Å². The highest BCUT2D eigenvalue weighted by atomic mass is 16.3. The third-order valence-electron chi connectivity index (χ3n) is 17.0. The third kappa shape index (κ3) is 71.7. The van der Waals surface area contributed by atoms with Gasteiger partial charge in [0.15, 0.2) is 0 Å². The van der Waals surface area contributed by atoms with Gasteiger partial charge >= 0.3 is 0 Å². The van der Waals surface area contributed by atoms with Crippen LogP contribution in [0.5, 0.6) is 0 Å². The lowest BCUT2D eigenvalue weighted by Crippen LogP contribution is -2.45. The van der Waals surface area contributed by atoms with Crippen LogP contribution in [0, 0.1) is 0 Å². The smallest absolute Gasteiger partial charge is 0.220 e. The number of hydrogen-bond donors (Lipinski definition) is 3. The zero-order chi connectivity index (χ0) is 61.2. The van der Waals surface area contributed by atoms with Crippen molar-refractivity contribution in [2.75, 3.05) is 6.61 Å². The summed E-state index contributed by atoms with van der Waals surface area (Å²) >= 11 is 0. The molecule has 0 aromatic heterocycles. The molecule has 1 amide bonds. The van der Waals surface area contributed by atoms with Crippen LogP contribution >= 0.6 is 0 Å². The highest BCUT2D eigenvalue weighted by Crippen LogP contribution is 2.19. The Bertz CT molecular complexity index is 1580. The van der Waals surface area contributed by atoms with E-state index in [1.54, 1.807) is 6.08 Å². The van der Waals surface area contributed by atoms with Crippen LogP contribution in [0.1, 0.15) is 380 Å². The van der Waals surface area contributed by atoms with Gasteiger partial charge in [0.25, 0.3) is 0 Å². The highest BCUT2D eigenvalue weighted by Gasteiger charge is 2.18. The number of nitrogens with one attached hydrogen (secondary N) is 1. The lowest BCUT2D eigenvalue weighted by molar-refractivity contribution is -0.123. The molecule has 0 aliphatic heterocycles. The summed E-state index contributed by atoms with van der Waals surface area (Å²) in [6.45, 7) is 4.22. The number of amides is 1. The molecule has 2 unspecified atom stereocenters. The number of carbonyl (C=O) groups excluding carboxylic acids is 1. The first-order valence-electron chi connectivity index (χ1n) is 37.6. The molecule has 4 nitrogen and oxygen atoms in total. The third-order valence-corrected chi connectivity index (χ3v) is 17.0. The average Bonchev–Trinajstić information content (AvgIpc) is 3.51. The molecule has 0 radical (unpaired) electrons. The highest BCUT2D eigenvalue weighted by molar-refractivity contribution is 5.76. The summed E-state index contributed by atoms with van der Waals surface area (Å²) in [6.07, 6.45) is 113. The SMILES string of the molecule is CC/C=C\C/C=C\C/C=C\C/C=C\C/C=C\C/C=C\C/C=C\CCCCCCCCCCCCCCCCCCCCCC(=O)NC(CO)C(O)/C=C/CC/C=C/CCCCCCCCCCCCCCCCCCCCCCCCCCCC. The van der Waals surface area contributed by atoms with Gasteiger partial charge in [-0.25, -0.2) is 0 Å². The predicted octanol–water partition coefficient (Wildman–Crippen LogP) is 26.1. The molecule has 3 N–H and O–H groups in total.